The number of esters is 1. The first-order valence-electron chi connectivity index (χ1n) is 13.0. The summed E-state index contributed by atoms with van der Waals surface area (Å²) in [6, 6.07) is 5.14. The van der Waals surface area contributed by atoms with Crippen molar-refractivity contribution in [3.63, 3.8) is 0 Å². The number of aryl methyl sites for hydroxylation is 2. The first-order chi connectivity index (χ1) is 18.8. The highest BCUT2D eigenvalue weighted by molar-refractivity contribution is 7.99. The SMILES string of the molecule is CCn1c(CCCOc2ccc(Cl)cc2Cl)nnc1SCC(=O)Nc1sc2c(c1C(=O)OC(C)C)CCCC2. The molecule has 0 radical (unpaired) electrons. The molecule has 0 aliphatic heterocycles. The van der Waals surface area contributed by atoms with Gasteiger partial charge in [0.2, 0.25) is 5.91 Å². The third kappa shape index (κ3) is 7.68. The number of amides is 1. The monoisotopic (exact) mass is 610 g/mol. The Balaban J connectivity index is 1.33. The van der Waals surface area contributed by atoms with Crippen LogP contribution < -0.4 is 10.1 Å². The summed E-state index contributed by atoms with van der Waals surface area (Å²) in [7, 11) is 0. The van der Waals surface area contributed by atoms with E-state index in [1.54, 1.807) is 18.2 Å². The number of rotatable bonds is 12. The summed E-state index contributed by atoms with van der Waals surface area (Å²) < 4.78 is 13.3. The van der Waals surface area contributed by atoms with Crippen LogP contribution in [-0.2, 0) is 35.3 Å². The van der Waals surface area contributed by atoms with Crippen LogP contribution in [0.15, 0.2) is 23.4 Å². The third-order valence-electron chi connectivity index (χ3n) is 6.11. The first kappa shape index (κ1) is 29.7. The number of ether oxygens (including phenoxy) is 2. The van der Waals surface area contributed by atoms with E-state index in [0.717, 1.165) is 48.4 Å². The summed E-state index contributed by atoms with van der Waals surface area (Å²) in [4.78, 5) is 27.0. The minimum atomic E-state index is -0.370. The maximum absolute atomic E-state index is 12.9. The number of halogens is 2. The molecule has 1 aromatic carbocycles. The van der Waals surface area contributed by atoms with Gasteiger partial charge in [-0.1, -0.05) is 35.0 Å². The summed E-state index contributed by atoms with van der Waals surface area (Å²) in [5, 5.41) is 13.9. The summed E-state index contributed by atoms with van der Waals surface area (Å²) in [6.07, 6.45) is 5.04. The van der Waals surface area contributed by atoms with Gasteiger partial charge in [0.25, 0.3) is 0 Å². The second-order valence-electron chi connectivity index (χ2n) is 9.38. The van der Waals surface area contributed by atoms with Crippen LogP contribution in [0.3, 0.4) is 0 Å². The predicted molar refractivity (Wildman–Crippen MR) is 157 cm³/mol. The van der Waals surface area contributed by atoms with Crippen molar-refractivity contribution in [1.82, 2.24) is 14.8 Å². The topological polar surface area (TPSA) is 95.3 Å². The first-order valence-corrected chi connectivity index (χ1v) is 15.6. The van der Waals surface area contributed by atoms with Gasteiger partial charge >= 0.3 is 5.97 Å². The Hall–Kier alpha value is -2.27. The minimum absolute atomic E-state index is 0.150. The molecule has 3 aromatic rings. The number of fused-ring (bicyclic) bond motifs is 1. The molecule has 2 heterocycles. The molecule has 8 nitrogen and oxygen atoms in total. The highest BCUT2D eigenvalue weighted by Crippen LogP contribution is 2.39. The molecular weight excluding hydrogens is 579 g/mol. The van der Waals surface area contributed by atoms with Crippen molar-refractivity contribution < 1.29 is 19.1 Å². The van der Waals surface area contributed by atoms with Crippen LogP contribution in [0.2, 0.25) is 10.0 Å². The molecule has 210 valence electrons. The normalized spacial score (nSPS) is 12.9. The minimum Gasteiger partial charge on any atom is -0.492 e. The molecular formula is C27H32Cl2N4O4S2. The number of benzene rings is 1. The average Bonchev–Trinajstić information content (AvgIpc) is 3.46. The Kier molecular flexibility index (Phi) is 10.6. The third-order valence-corrected chi connectivity index (χ3v) is 8.81. The molecule has 12 heteroatoms. The summed E-state index contributed by atoms with van der Waals surface area (Å²) in [6.45, 7) is 6.82. The lowest BCUT2D eigenvalue weighted by atomic mass is 9.95. The molecule has 1 N–H and O–H groups in total. The van der Waals surface area contributed by atoms with Crippen LogP contribution in [0.5, 0.6) is 5.75 Å². The van der Waals surface area contributed by atoms with Gasteiger partial charge in [-0.25, -0.2) is 4.79 Å². The fraction of sp³-hybridized carbons (Fsp3) is 0.481. The van der Waals surface area contributed by atoms with E-state index in [2.05, 4.69) is 15.5 Å². The van der Waals surface area contributed by atoms with Gasteiger partial charge in [-0.15, -0.1) is 21.5 Å². The van der Waals surface area contributed by atoms with Crippen molar-refractivity contribution >= 4 is 63.2 Å². The molecule has 1 amide bonds. The van der Waals surface area contributed by atoms with Crippen molar-refractivity contribution in [2.45, 2.75) is 77.1 Å². The fourth-order valence-corrected chi connectivity index (χ4v) is 6.95. The molecule has 2 aromatic heterocycles. The number of hydrogen-bond acceptors (Lipinski definition) is 8. The molecule has 0 saturated heterocycles. The Bertz CT molecular complexity index is 1330. The van der Waals surface area contributed by atoms with Crippen molar-refractivity contribution in [3.8, 4) is 5.75 Å². The van der Waals surface area contributed by atoms with Crippen molar-refractivity contribution in [3.05, 3.63) is 50.1 Å². The highest BCUT2D eigenvalue weighted by Gasteiger charge is 2.28. The number of nitrogens with zero attached hydrogens (tertiary/aromatic N) is 3. The van der Waals surface area contributed by atoms with Gasteiger partial charge in [0.1, 0.15) is 16.6 Å². The van der Waals surface area contributed by atoms with E-state index in [-0.39, 0.29) is 23.7 Å². The van der Waals surface area contributed by atoms with E-state index in [9.17, 15) is 9.59 Å². The van der Waals surface area contributed by atoms with Gasteiger partial charge in [0.05, 0.1) is 29.0 Å². The predicted octanol–water partition coefficient (Wildman–Crippen LogP) is 6.85. The molecule has 1 aliphatic rings. The molecule has 1 aliphatic carbocycles. The van der Waals surface area contributed by atoms with E-state index in [1.165, 1.54) is 23.1 Å². The van der Waals surface area contributed by atoms with Crippen LogP contribution in [0.1, 0.15) is 66.7 Å². The highest BCUT2D eigenvalue weighted by atomic mass is 35.5. The van der Waals surface area contributed by atoms with Gasteiger partial charge in [-0.2, -0.15) is 0 Å². The zero-order chi connectivity index (χ0) is 27.9. The number of hydrogen-bond donors (Lipinski definition) is 1. The molecule has 0 atom stereocenters. The number of carbonyl (C=O) groups excluding carboxylic acids is 2. The number of nitrogens with one attached hydrogen (secondary N) is 1. The zero-order valence-electron chi connectivity index (χ0n) is 22.2. The van der Waals surface area contributed by atoms with Crippen LogP contribution in [0.25, 0.3) is 0 Å². The lowest BCUT2D eigenvalue weighted by Crippen LogP contribution is -2.19. The molecule has 0 fully saturated rings. The molecule has 0 bridgehead atoms. The molecule has 0 saturated carbocycles. The van der Waals surface area contributed by atoms with Gasteiger partial charge in [0.15, 0.2) is 5.16 Å². The lowest BCUT2D eigenvalue weighted by molar-refractivity contribution is -0.113. The van der Waals surface area contributed by atoms with Crippen molar-refractivity contribution in [1.29, 1.82) is 0 Å². The maximum atomic E-state index is 12.9. The zero-order valence-corrected chi connectivity index (χ0v) is 25.4. The smallest absolute Gasteiger partial charge is 0.341 e. The second-order valence-corrected chi connectivity index (χ2v) is 12.3. The number of anilines is 1. The van der Waals surface area contributed by atoms with E-state index in [4.69, 9.17) is 32.7 Å². The van der Waals surface area contributed by atoms with Crippen LogP contribution in [-0.4, -0.2) is 45.1 Å². The second kappa shape index (κ2) is 13.9. The number of aromatic nitrogens is 3. The molecule has 0 spiro atoms. The van der Waals surface area contributed by atoms with Gasteiger partial charge in [-0.3, -0.25) is 4.79 Å². The fourth-order valence-electron chi connectivity index (χ4n) is 4.37. The summed E-state index contributed by atoms with van der Waals surface area (Å²) >= 11 is 14.9. The number of thioether (sulfide) groups is 1. The van der Waals surface area contributed by atoms with E-state index in [1.807, 2.05) is 25.3 Å². The van der Waals surface area contributed by atoms with Crippen LogP contribution >= 0.6 is 46.3 Å². The maximum Gasteiger partial charge on any atom is 0.341 e. The lowest BCUT2D eigenvalue weighted by Gasteiger charge is -2.14. The van der Waals surface area contributed by atoms with Gasteiger partial charge in [0, 0.05) is 22.9 Å². The Labute approximate surface area is 246 Å². The Morgan fingerprint density at radius 2 is 2.00 bits per heavy atom. The standard InChI is InChI=1S/C27H32Cl2N4O4S2/c1-4-33-22(10-7-13-36-20-12-11-17(28)14-19(20)29)31-32-27(33)38-15-23(34)30-25-24(26(35)37-16(2)3)18-8-5-6-9-21(18)39-25/h11-12,14,16H,4-10,13,15H2,1-3H3,(H,30,34). The largest absolute Gasteiger partial charge is 0.492 e. The molecule has 0 unspecified atom stereocenters. The average molecular weight is 612 g/mol. The summed E-state index contributed by atoms with van der Waals surface area (Å²) in [5.74, 6) is 1.00. The Morgan fingerprint density at radius 3 is 2.74 bits per heavy atom. The van der Waals surface area contributed by atoms with Crippen LogP contribution in [0.4, 0.5) is 5.00 Å². The molecule has 39 heavy (non-hydrogen) atoms. The quantitative estimate of drug-likeness (QED) is 0.136. The van der Waals surface area contributed by atoms with Crippen LogP contribution in [0, 0.1) is 0 Å². The van der Waals surface area contributed by atoms with Gasteiger partial charge < -0.3 is 19.4 Å². The van der Waals surface area contributed by atoms with E-state index >= 15 is 0 Å². The van der Waals surface area contributed by atoms with Crippen molar-refractivity contribution in [2.24, 2.45) is 0 Å². The molecule has 4 rings (SSSR count). The van der Waals surface area contributed by atoms with E-state index < -0.39 is 0 Å². The number of carbonyl (C=O) groups is 2. The Morgan fingerprint density at radius 1 is 1.21 bits per heavy atom. The van der Waals surface area contributed by atoms with Crippen molar-refractivity contribution in [2.75, 3.05) is 17.7 Å². The van der Waals surface area contributed by atoms with E-state index in [0.29, 0.717) is 51.1 Å². The number of thiophene rings is 1. The summed E-state index contributed by atoms with van der Waals surface area (Å²) in [5.41, 5.74) is 1.54. The van der Waals surface area contributed by atoms with Gasteiger partial charge in [-0.05, 0) is 76.6 Å².